The third kappa shape index (κ3) is 3.00. The first kappa shape index (κ1) is 12.9. The van der Waals surface area contributed by atoms with Crippen molar-refractivity contribution in [3.63, 3.8) is 0 Å². The van der Waals surface area contributed by atoms with E-state index in [1.54, 1.807) is 0 Å². The molecular formula is C15H20N2O. The molecule has 1 heterocycles. The Kier molecular flexibility index (Phi) is 4.56. The summed E-state index contributed by atoms with van der Waals surface area (Å²) in [5.41, 5.74) is 2.36. The molecule has 0 saturated heterocycles. The number of aliphatic hydroxyl groups is 1. The van der Waals surface area contributed by atoms with Crippen LogP contribution in [0, 0.1) is 0 Å². The first-order chi connectivity index (χ1) is 8.85. The molecule has 1 aromatic heterocycles. The van der Waals surface area contributed by atoms with Crippen LogP contribution in [0.25, 0.3) is 0 Å². The number of aryl methyl sites for hydroxylation is 1. The predicted octanol–water partition coefficient (Wildman–Crippen LogP) is 2.33. The molecule has 0 aliphatic rings. The lowest BCUT2D eigenvalue weighted by Gasteiger charge is -2.17. The molecule has 0 aliphatic carbocycles. The van der Waals surface area contributed by atoms with Crippen LogP contribution in [-0.4, -0.2) is 16.3 Å². The molecule has 0 aliphatic heterocycles. The van der Waals surface area contributed by atoms with Crippen LogP contribution >= 0.6 is 0 Å². The molecule has 0 unspecified atom stereocenters. The van der Waals surface area contributed by atoms with Crippen LogP contribution in [0.15, 0.2) is 48.7 Å². The second-order valence-corrected chi connectivity index (χ2v) is 4.31. The van der Waals surface area contributed by atoms with Crippen molar-refractivity contribution in [1.82, 2.24) is 9.88 Å². The van der Waals surface area contributed by atoms with Crippen molar-refractivity contribution < 1.29 is 5.11 Å². The van der Waals surface area contributed by atoms with Crippen molar-refractivity contribution >= 4 is 0 Å². The van der Waals surface area contributed by atoms with E-state index in [9.17, 15) is 5.11 Å². The van der Waals surface area contributed by atoms with Gasteiger partial charge in [0.25, 0.3) is 0 Å². The molecule has 2 rings (SSSR count). The fourth-order valence-electron chi connectivity index (χ4n) is 2.12. The SMILES string of the molecule is CCn1cccc1CN[C@H](CO)c1ccccc1. The molecule has 1 aromatic carbocycles. The van der Waals surface area contributed by atoms with E-state index >= 15 is 0 Å². The molecule has 0 bridgehead atoms. The Morgan fingerprint density at radius 3 is 2.61 bits per heavy atom. The molecule has 18 heavy (non-hydrogen) atoms. The van der Waals surface area contributed by atoms with E-state index in [2.05, 4.69) is 35.1 Å². The lowest BCUT2D eigenvalue weighted by atomic mass is 10.1. The second kappa shape index (κ2) is 6.38. The molecule has 0 spiro atoms. The molecule has 3 nitrogen and oxygen atoms in total. The van der Waals surface area contributed by atoms with Gasteiger partial charge in [-0.15, -0.1) is 0 Å². The van der Waals surface area contributed by atoms with Crippen LogP contribution in [-0.2, 0) is 13.1 Å². The zero-order valence-corrected chi connectivity index (χ0v) is 10.7. The molecule has 2 N–H and O–H groups in total. The van der Waals surface area contributed by atoms with E-state index in [-0.39, 0.29) is 12.6 Å². The highest BCUT2D eigenvalue weighted by Gasteiger charge is 2.09. The van der Waals surface area contributed by atoms with Crippen LogP contribution < -0.4 is 5.32 Å². The largest absolute Gasteiger partial charge is 0.394 e. The Bertz CT molecular complexity index is 464. The number of benzene rings is 1. The zero-order chi connectivity index (χ0) is 12.8. The minimum Gasteiger partial charge on any atom is -0.394 e. The molecule has 1 atom stereocenters. The second-order valence-electron chi connectivity index (χ2n) is 4.31. The highest BCUT2D eigenvalue weighted by atomic mass is 16.3. The van der Waals surface area contributed by atoms with Gasteiger partial charge in [0, 0.05) is 25.0 Å². The average Bonchev–Trinajstić information content (AvgIpc) is 2.88. The normalized spacial score (nSPS) is 12.6. The number of rotatable bonds is 6. The van der Waals surface area contributed by atoms with Crippen LogP contribution in [0.1, 0.15) is 24.2 Å². The van der Waals surface area contributed by atoms with Crippen LogP contribution in [0.4, 0.5) is 0 Å². The van der Waals surface area contributed by atoms with Crippen LogP contribution in [0.2, 0.25) is 0 Å². The van der Waals surface area contributed by atoms with Crippen LogP contribution in [0.5, 0.6) is 0 Å². The predicted molar refractivity (Wildman–Crippen MR) is 73.2 cm³/mol. The van der Waals surface area contributed by atoms with Crippen molar-refractivity contribution in [3.05, 3.63) is 59.9 Å². The summed E-state index contributed by atoms with van der Waals surface area (Å²) in [6.07, 6.45) is 2.08. The van der Waals surface area contributed by atoms with Crippen molar-refractivity contribution in [2.24, 2.45) is 0 Å². The number of nitrogens with zero attached hydrogens (tertiary/aromatic N) is 1. The van der Waals surface area contributed by atoms with Crippen LogP contribution in [0.3, 0.4) is 0 Å². The Labute approximate surface area is 108 Å². The lowest BCUT2D eigenvalue weighted by Crippen LogP contribution is -2.25. The summed E-state index contributed by atoms with van der Waals surface area (Å²) in [6.45, 7) is 3.97. The highest BCUT2D eigenvalue weighted by molar-refractivity contribution is 5.19. The standard InChI is InChI=1S/C15H20N2O/c1-2-17-10-6-9-14(17)11-16-15(12-18)13-7-4-3-5-8-13/h3-10,15-16,18H,2,11-12H2,1H3/t15-/m1/s1. The molecular weight excluding hydrogens is 224 g/mol. The van der Waals surface area contributed by atoms with E-state index in [1.165, 1.54) is 5.69 Å². The Balaban J connectivity index is 2.00. The number of aromatic nitrogens is 1. The summed E-state index contributed by atoms with van der Waals surface area (Å²) in [4.78, 5) is 0. The van der Waals surface area contributed by atoms with Gasteiger partial charge in [-0.1, -0.05) is 30.3 Å². The van der Waals surface area contributed by atoms with Gasteiger partial charge in [-0.3, -0.25) is 0 Å². The van der Waals surface area contributed by atoms with Gasteiger partial charge in [0.15, 0.2) is 0 Å². The molecule has 96 valence electrons. The topological polar surface area (TPSA) is 37.2 Å². The lowest BCUT2D eigenvalue weighted by molar-refractivity contribution is 0.243. The zero-order valence-electron chi connectivity index (χ0n) is 10.7. The molecule has 2 aromatic rings. The van der Waals surface area contributed by atoms with E-state index in [0.717, 1.165) is 18.7 Å². The quantitative estimate of drug-likeness (QED) is 0.818. The summed E-state index contributed by atoms with van der Waals surface area (Å²) in [5.74, 6) is 0. The first-order valence-corrected chi connectivity index (χ1v) is 6.38. The van der Waals surface area contributed by atoms with E-state index in [0.29, 0.717) is 0 Å². The Morgan fingerprint density at radius 2 is 1.94 bits per heavy atom. The molecule has 0 radical (unpaired) electrons. The highest BCUT2D eigenvalue weighted by Crippen LogP contribution is 2.13. The number of nitrogens with one attached hydrogen (secondary N) is 1. The Morgan fingerprint density at radius 1 is 1.17 bits per heavy atom. The molecule has 0 fully saturated rings. The summed E-state index contributed by atoms with van der Waals surface area (Å²) >= 11 is 0. The van der Waals surface area contributed by atoms with Gasteiger partial charge in [-0.25, -0.2) is 0 Å². The summed E-state index contributed by atoms with van der Waals surface area (Å²) in [5, 5.41) is 12.9. The third-order valence-corrected chi connectivity index (χ3v) is 3.18. The monoisotopic (exact) mass is 244 g/mol. The summed E-state index contributed by atoms with van der Waals surface area (Å²) in [7, 11) is 0. The average molecular weight is 244 g/mol. The Hall–Kier alpha value is -1.58. The molecule has 0 amide bonds. The van der Waals surface area contributed by atoms with E-state index in [4.69, 9.17) is 0 Å². The number of hydrogen-bond donors (Lipinski definition) is 2. The van der Waals surface area contributed by atoms with E-state index in [1.807, 2.05) is 30.3 Å². The van der Waals surface area contributed by atoms with Crippen molar-refractivity contribution in [3.8, 4) is 0 Å². The third-order valence-electron chi connectivity index (χ3n) is 3.18. The van der Waals surface area contributed by atoms with Crippen molar-refractivity contribution in [2.75, 3.05) is 6.61 Å². The van der Waals surface area contributed by atoms with E-state index < -0.39 is 0 Å². The molecule has 0 saturated carbocycles. The minimum atomic E-state index is -0.00796. The fraction of sp³-hybridized carbons (Fsp3) is 0.333. The maximum atomic E-state index is 9.47. The summed E-state index contributed by atoms with van der Waals surface area (Å²) in [6, 6.07) is 14.2. The van der Waals surface area contributed by atoms with Crippen molar-refractivity contribution in [1.29, 1.82) is 0 Å². The fourth-order valence-corrected chi connectivity index (χ4v) is 2.12. The van der Waals surface area contributed by atoms with Gasteiger partial charge in [0.1, 0.15) is 0 Å². The maximum Gasteiger partial charge on any atom is 0.0626 e. The van der Waals surface area contributed by atoms with Gasteiger partial charge >= 0.3 is 0 Å². The van der Waals surface area contributed by atoms with Gasteiger partial charge in [-0.2, -0.15) is 0 Å². The van der Waals surface area contributed by atoms with Crippen molar-refractivity contribution in [2.45, 2.75) is 26.1 Å². The number of aliphatic hydroxyl groups excluding tert-OH is 1. The number of hydrogen-bond acceptors (Lipinski definition) is 2. The van der Waals surface area contributed by atoms with Gasteiger partial charge < -0.3 is 15.0 Å². The molecule has 3 heteroatoms. The summed E-state index contributed by atoms with van der Waals surface area (Å²) < 4.78 is 2.20. The van der Waals surface area contributed by atoms with Gasteiger partial charge in [0.2, 0.25) is 0 Å². The first-order valence-electron chi connectivity index (χ1n) is 6.38. The van der Waals surface area contributed by atoms with Gasteiger partial charge in [-0.05, 0) is 24.6 Å². The smallest absolute Gasteiger partial charge is 0.0626 e. The maximum absolute atomic E-state index is 9.47. The minimum absolute atomic E-state index is 0.00796. The van der Waals surface area contributed by atoms with Gasteiger partial charge in [0.05, 0.1) is 12.6 Å².